The van der Waals surface area contributed by atoms with Crippen molar-refractivity contribution in [3.8, 4) is 0 Å². The van der Waals surface area contributed by atoms with Crippen molar-refractivity contribution in [2.45, 2.75) is 20.0 Å². The van der Waals surface area contributed by atoms with Crippen molar-refractivity contribution in [3.05, 3.63) is 35.9 Å². The van der Waals surface area contributed by atoms with Gasteiger partial charge in [-0.1, -0.05) is 37.3 Å². The fourth-order valence-electron chi connectivity index (χ4n) is 1.86. The van der Waals surface area contributed by atoms with Crippen LogP contribution in [-0.4, -0.2) is 23.4 Å². The summed E-state index contributed by atoms with van der Waals surface area (Å²) in [6, 6.07) is 9.42. The highest BCUT2D eigenvalue weighted by atomic mass is 16.6. The number of carbonyl (C=O) groups is 2. The van der Waals surface area contributed by atoms with Crippen LogP contribution in [0.1, 0.15) is 18.9 Å². The van der Waals surface area contributed by atoms with E-state index >= 15 is 0 Å². The van der Waals surface area contributed by atoms with Crippen LogP contribution in [0.3, 0.4) is 0 Å². The van der Waals surface area contributed by atoms with Gasteiger partial charge in [-0.2, -0.15) is 0 Å². The fraction of sp³-hybridized carbons (Fsp3) is 0.385. The third-order valence-electron chi connectivity index (χ3n) is 2.74. The molecule has 90 valence electrons. The van der Waals surface area contributed by atoms with Crippen molar-refractivity contribution in [2.24, 2.45) is 5.92 Å². The lowest BCUT2D eigenvalue weighted by Crippen LogP contribution is -2.32. The molecule has 4 nitrogen and oxygen atoms in total. The molecule has 0 saturated carbocycles. The van der Waals surface area contributed by atoms with E-state index in [0.29, 0.717) is 13.0 Å². The molecule has 0 N–H and O–H groups in total. The molecule has 1 saturated heterocycles. The van der Waals surface area contributed by atoms with Gasteiger partial charge in [-0.15, -0.1) is 0 Å². The highest BCUT2D eigenvalue weighted by Gasteiger charge is 2.32. The van der Waals surface area contributed by atoms with E-state index in [0.717, 1.165) is 5.56 Å². The molecule has 1 atom stereocenters. The van der Waals surface area contributed by atoms with E-state index in [1.807, 2.05) is 37.3 Å². The van der Waals surface area contributed by atoms with Crippen molar-refractivity contribution < 1.29 is 14.3 Å². The molecule has 1 unspecified atom stereocenters. The summed E-state index contributed by atoms with van der Waals surface area (Å²) in [6.45, 7) is 2.62. The fourth-order valence-corrected chi connectivity index (χ4v) is 1.86. The van der Waals surface area contributed by atoms with Gasteiger partial charge in [0, 0.05) is 13.0 Å². The first-order valence-electron chi connectivity index (χ1n) is 5.68. The molecule has 2 rings (SSSR count). The Kier molecular flexibility index (Phi) is 3.42. The first-order valence-corrected chi connectivity index (χ1v) is 5.68. The van der Waals surface area contributed by atoms with Crippen LogP contribution in [-0.2, 0) is 16.1 Å². The number of ether oxygens (including phenoxy) is 1. The predicted molar refractivity (Wildman–Crippen MR) is 62.1 cm³/mol. The topological polar surface area (TPSA) is 46.6 Å². The summed E-state index contributed by atoms with van der Waals surface area (Å²) in [6.07, 6.45) is -0.108. The van der Waals surface area contributed by atoms with Crippen LogP contribution in [0.25, 0.3) is 0 Å². The quantitative estimate of drug-likeness (QED) is 0.786. The van der Waals surface area contributed by atoms with Gasteiger partial charge in [0.15, 0.2) is 0 Å². The molecule has 2 amide bonds. The molecule has 1 aromatic carbocycles. The monoisotopic (exact) mass is 233 g/mol. The van der Waals surface area contributed by atoms with Gasteiger partial charge in [0.05, 0.1) is 0 Å². The van der Waals surface area contributed by atoms with Crippen molar-refractivity contribution in [1.29, 1.82) is 0 Å². The Balaban J connectivity index is 1.88. The predicted octanol–water partition coefficient (Wildman–Crippen LogP) is 2.19. The molecule has 4 heteroatoms. The van der Waals surface area contributed by atoms with Crippen LogP contribution in [0.15, 0.2) is 30.3 Å². The Morgan fingerprint density at radius 2 is 2.12 bits per heavy atom. The van der Waals surface area contributed by atoms with Crippen LogP contribution in [0.5, 0.6) is 0 Å². The molecule has 1 aliphatic heterocycles. The lowest BCUT2D eigenvalue weighted by molar-refractivity contribution is -0.126. The van der Waals surface area contributed by atoms with Gasteiger partial charge in [0.25, 0.3) is 0 Å². The first kappa shape index (κ1) is 11.6. The van der Waals surface area contributed by atoms with E-state index in [-0.39, 0.29) is 18.4 Å². The zero-order valence-corrected chi connectivity index (χ0v) is 9.76. The average Bonchev–Trinajstić information content (AvgIpc) is 2.67. The zero-order chi connectivity index (χ0) is 12.3. The van der Waals surface area contributed by atoms with Gasteiger partial charge >= 0.3 is 6.09 Å². The lowest BCUT2D eigenvalue weighted by Gasteiger charge is -2.14. The molecular weight excluding hydrogens is 218 g/mol. The number of carbonyl (C=O) groups excluding carboxylic acids is 2. The van der Waals surface area contributed by atoms with Crippen molar-refractivity contribution >= 4 is 12.0 Å². The van der Waals surface area contributed by atoms with E-state index < -0.39 is 6.09 Å². The minimum Gasteiger partial charge on any atom is -0.444 e. The Bertz CT molecular complexity index is 416. The van der Waals surface area contributed by atoms with Crippen molar-refractivity contribution in [2.75, 3.05) is 6.54 Å². The molecule has 1 heterocycles. The largest absolute Gasteiger partial charge is 0.444 e. The molecule has 1 fully saturated rings. The highest BCUT2D eigenvalue weighted by Crippen LogP contribution is 2.18. The van der Waals surface area contributed by atoms with Gasteiger partial charge in [-0.05, 0) is 11.5 Å². The van der Waals surface area contributed by atoms with Gasteiger partial charge in [-0.3, -0.25) is 4.79 Å². The highest BCUT2D eigenvalue weighted by molar-refractivity contribution is 5.93. The SMILES string of the molecule is CC1CC(=O)N(C(=O)OCc2ccccc2)C1. The zero-order valence-electron chi connectivity index (χ0n) is 9.76. The van der Waals surface area contributed by atoms with Crippen LogP contribution < -0.4 is 0 Å². The number of rotatable bonds is 2. The molecule has 0 bridgehead atoms. The molecule has 17 heavy (non-hydrogen) atoms. The standard InChI is InChI=1S/C13H15NO3/c1-10-7-12(15)14(8-10)13(16)17-9-11-5-3-2-4-6-11/h2-6,10H,7-9H2,1H3. The number of hydrogen-bond acceptors (Lipinski definition) is 3. The first-order chi connectivity index (χ1) is 8.16. The maximum Gasteiger partial charge on any atom is 0.416 e. The van der Waals surface area contributed by atoms with Crippen LogP contribution in [0, 0.1) is 5.92 Å². The second-order valence-corrected chi connectivity index (χ2v) is 4.35. The summed E-state index contributed by atoms with van der Waals surface area (Å²) in [5.41, 5.74) is 0.917. The van der Waals surface area contributed by atoms with E-state index in [2.05, 4.69) is 0 Å². The van der Waals surface area contributed by atoms with E-state index in [4.69, 9.17) is 4.74 Å². The van der Waals surface area contributed by atoms with Gasteiger partial charge < -0.3 is 4.74 Å². The molecule has 0 aromatic heterocycles. The number of likely N-dealkylation sites (tertiary alicyclic amines) is 1. The number of amides is 2. The Morgan fingerprint density at radius 1 is 1.41 bits per heavy atom. The molecular formula is C13H15NO3. The normalized spacial score (nSPS) is 19.5. The van der Waals surface area contributed by atoms with E-state index in [1.54, 1.807) is 0 Å². The third-order valence-corrected chi connectivity index (χ3v) is 2.74. The average molecular weight is 233 g/mol. The van der Waals surface area contributed by atoms with Crippen LogP contribution >= 0.6 is 0 Å². The molecule has 0 radical (unpaired) electrons. The maximum absolute atomic E-state index is 11.7. The smallest absolute Gasteiger partial charge is 0.416 e. The number of hydrogen-bond donors (Lipinski definition) is 0. The third kappa shape index (κ3) is 2.84. The molecule has 1 aliphatic rings. The number of nitrogens with zero attached hydrogens (tertiary/aromatic N) is 1. The molecule has 0 aliphatic carbocycles. The Morgan fingerprint density at radius 3 is 2.71 bits per heavy atom. The summed E-state index contributed by atoms with van der Waals surface area (Å²) in [5.74, 6) is 0.0855. The number of benzene rings is 1. The second kappa shape index (κ2) is 4.99. The Hall–Kier alpha value is -1.84. The van der Waals surface area contributed by atoms with Crippen molar-refractivity contribution in [3.63, 3.8) is 0 Å². The summed E-state index contributed by atoms with van der Waals surface area (Å²) >= 11 is 0. The van der Waals surface area contributed by atoms with Crippen LogP contribution in [0.2, 0.25) is 0 Å². The minimum atomic E-state index is -0.539. The molecule has 1 aromatic rings. The number of imide groups is 1. The lowest BCUT2D eigenvalue weighted by atomic mass is 10.2. The summed E-state index contributed by atoms with van der Waals surface area (Å²) in [5, 5.41) is 0. The molecule has 0 spiro atoms. The van der Waals surface area contributed by atoms with Gasteiger partial charge in [0.2, 0.25) is 5.91 Å². The minimum absolute atomic E-state index is 0.143. The Labute approximate surface area is 100 Å². The summed E-state index contributed by atoms with van der Waals surface area (Å²) in [4.78, 5) is 24.3. The summed E-state index contributed by atoms with van der Waals surface area (Å²) in [7, 11) is 0. The van der Waals surface area contributed by atoms with E-state index in [9.17, 15) is 9.59 Å². The van der Waals surface area contributed by atoms with E-state index in [1.165, 1.54) is 4.90 Å². The van der Waals surface area contributed by atoms with Crippen LogP contribution in [0.4, 0.5) is 4.79 Å². The summed E-state index contributed by atoms with van der Waals surface area (Å²) < 4.78 is 5.10. The van der Waals surface area contributed by atoms with Gasteiger partial charge in [-0.25, -0.2) is 9.69 Å². The van der Waals surface area contributed by atoms with Gasteiger partial charge in [0.1, 0.15) is 6.61 Å². The second-order valence-electron chi connectivity index (χ2n) is 4.35. The maximum atomic E-state index is 11.7. The van der Waals surface area contributed by atoms with Crippen molar-refractivity contribution in [1.82, 2.24) is 4.90 Å².